The summed E-state index contributed by atoms with van der Waals surface area (Å²) in [6.45, 7) is 0.645. The fourth-order valence-electron chi connectivity index (χ4n) is 4.85. The lowest BCUT2D eigenvalue weighted by Gasteiger charge is -2.25. The molecular weight excluding hydrogens is 404 g/mol. The summed E-state index contributed by atoms with van der Waals surface area (Å²) in [4.78, 5) is 31.6. The summed E-state index contributed by atoms with van der Waals surface area (Å²) in [5.74, 6) is -0.362. The van der Waals surface area contributed by atoms with Gasteiger partial charge >= 0.3 is 5.69 Å². The van der Waals surface area contributed by atoms with E-state index in [-0.39, 0.29) is 11.4 Å². The maximum Gasteiger partial charge on any atom is 0.335 e. The zero-order valence-electron chi connectivity index (χ0n) is 17.1. The van der Waals surface area contributed by atoms with Crippen molar-refractivity contribution in [2.75, 3.05) is 6.54 Å². The smallest absolute Gasteiger partial charge is 0.335 e. The van der Waals surface area contributed by atoms with Gasteiger partial charge < -0.3 is 15.4 Å². The van der Waals surface area contributed by atoms with Gasteiger partial charge in [0.2, 0.25) is 5.88 Å². The Labute approximate surface area is 182 Å². The van der Waals surface area contributed by atoms with Crippen LogP contribution in [0.15, 0.2) is 76.3 Å². The predicted molar refractivity (Wildman–Crippen MR) is 124 cm³/mol. The molecular formula is C25H20N4O3. The third-order valence-electron chi connectivity index (χ3n) is 6.28. The molecule has 0 saturated carbocycles. The van der Waals surface area contributed by atoms with E-state index in [2.05, 4.69) is 15.3 Å². The van der Waals surface area contributed by atoms with Crippen molar-refractivity contribution in [1.29, 1.82) is 0 Å². The van der Waals surface area contributed by atoms with Gasteiger partial charge in [0.25, 0.3) is 5.56 Å². The lowest BCUT2D eigenvalue weighted by molar-refractivity contribution is 0.410. The Morgan fingerprint density at radius 2 is 1.62 bits per heavy atom. The maximum atomic E-state index is 12.9. The molecule has 2 aromatic heterocycles. The van der Waals surface area contributed by atoms with E-state index in [1.54, 1.807) is 6.07 Å². The Hall–Kier alpha value is -4.10. The molecule has 1 aliphatic heterocycles. The van der Waals surface area contributed by atoms with Crippen LogP contribution in [0.1, 0.15) is 22.9 Å². The number of nitrogens with zero attached hydrogens (tertiary/aromatic N) is 1. The Morgan fingerprint density at radius 3 is 2.50 bits per heavy atom. The predicted octanol–water partition coefficient (Wildman–Crippen LogP) is 3.10. The van der Waals surface area contributed by atoms with Crippen LogP contribution >= 0.6 is 0 Å². The fraction of sp³-hybridized carbons (Fsp3) is 0.120. The van der Waals surface area contributed by atoms with Crippen LogP contribution in [0.25, 0.3) is 27.4 Å². The van der Waals surface area contributed by atoms with E-state index in [1.165, 1.54) is 4.57 Å². The molecule has 158 valence electrons. The minimum absolute atomic E-state index is 0.116. The van der Waals surface area contributed by atoms with Crippen molar-refractivity contribution < 1.29 is 5.11 Å². The number of nitrogens with one attached hydrogen (secondary N) is 3. The molecule has 0 radical (unpaired) electrons. The number of para-hydroxylation sites is 1. The second-order valence-corrected chi connectivity index (χ2v) is 8.03. The Balaban J connectivity index is 1.62. The Kier molecular flexibility index (Phi) is 4.06. The van der Waals surface area contributed by atoms with Crippen LogP contribution in [0.5, 0.6) is 5.88 Å². The molecule has 3 heterocycles. The molecule has 0 bridgehead atoms. The van der Waals surface area contributed by atoms with Crippen molar-refractivity contribution in [2.24, 2.45) is 0 Å². The molecule has 0 unspecified atom stereocenters. The summed E-state index contributed by atoms with van der Waals surface area (Å²) in [5.41, 5.74) is 2.27. The van der Waals surface area contributed by atoms with Crippen LogP contribution < -0.4 is 16.6 Å². The van der Waals surface area contributed by atoms with Crippen LogP contribution in [-0.4, -0.2) is 26.2 Å². The van der Waals surface area contributed by atoms with E-state index in [9.17, 15) is 14.7 Å². The van der Waals surface area contributed by atoms with Crippen molar-refractivity contribution in [3.8, 4) is 11.6 Å². The van der Waals surface area contributed by atoms with Crippen LogP contribution in [-0.2, 0) is 6.42 Å². The van der Waals surface area contributed by atoms with Crippen molar-refractivity contribution in [2.45, 2.75) is 12.5 Å². The van der Waals surface area contributed by atoms with Crippen LogP contribution in [0.4, 0.5) is 0 Å². The zero-order valence-corrected chi connectivity index (χ0v) is 17.1. The quantitative estimate of drug-likeness (QED) is 0.350. The number of rotatable bonds is 2. The van der Waals surface area contributed by atoms with E-state index in [0.29, 0.717) is 12.2 Å². The summed E-state index contributed by atoms with van der Waals surface area (Å²) in [7, 11) is 0. The molecule has 3 aromatic carbocycles. The van der Waals surface area contributed by atoms with Gasteiger partial charge in [0.1, 0.15) is 5.56 Å². The first-order valence-electron chi connectivity index (χ1n) is 10.5. The Morgan fingerprint density at radius 1 is 0.875 bits per heavy atom. The number of aromatic amines is 2. The number of aromatic hydroxyl groups is 1. The highest BCUT2D eigenvalue weighted by Gasteiger charge is 2.31. The minimum Gasteiger partial charge on any atom is -0.494 e. The summed E-state index contributed by atoms with van der Waals surface area (Å²) in [6.07, 6.45) is 0.803. The monoisotopic (exact) mass is 424 g/mol. The van der Waals surface area contributed by atoms with Crippen molar-refractivity contribution in [3.63, 3.8) is 0 Å². The van der Waals surface area contributed by atoms with Gasteiger partial charge in [-0.05, 0) is 29.5 Å². The molecule has 5 aromatic rings. The number of fused-ring (bicyclic) bond motifs is 4. The van der Waals surface area contributed by atoms with E-state index in [4.69, 9.17) is 0 Å². The van der Waals surface area contributed by atoms with Gasteiger partial charge in [-0.15, -0.1) is 0 Å². The first-order chi connectivity index (χ1) is 15.6. The average molecular weight is 424 g/mol. The molecule has 7 nitrogen and oxygen atoms in total. The summed E-state index contributed by atoms with van der Waals surface area (Å²) >= 11 is 0. The molecule has 6 rings (SSSR count). The number of benzene rings is 3. The van der Waals surface area contributed by atoms with E-state index >= 15 is 0 Å². The average Bonchev–Trinajstić information content (AvgIpc) is 3.19. The summed E-state index contributed by atoms with van der Waals surface area (Å²) in [5, 5.41) is 17.5. The molecule has 1 atom stereocenters. The van der Waals surface area contributed by atoms with Gasteiger partial charge in [-0.1, -0.05) is 54.6 Å². The van der Waals surface area contributed by atoms with E-state index < -0.39 is 17.3 Å². The van der Waals surface area contributed by atoms with Crippen molar-refractivity contribution >= 4 is 21.7 Å². The summed E-state index contributed by atoms with van der Waals surface area (Å²) in [6, 6.07) is 20.5. The normalized spacial score (nSPS) is 15.8. The standard InChI is InChI=1S/C25H20N4O3/c30-23-20(22-21-17(12-13-26-22)16-9-3-4-10-18(16)27-21)24(31)29(25(32)28-23)19-11-5-7-14-6-1-2-8-15(14)19/h1-11,22,26-27,31H,12-13H2,(H,28,30,32)/t22-/m0/s1. The van der Waals surface area contributed by atoms with E-state index in [1.807, 2.05) is 60.7 Å². The first-order valence-corrected chi connectivity index (χ1v) is 10.5. The molecule has 0 saturated heterocycles. The number of H-pyrrole nitrogens is 2. The van der Waals surface area contributed by atoms with Crippen LogP contribution in [0.3, 0.4) is 0 Å². The lowest BCUT2D eigenvalue weighted by atomic mass is 9.95. The second-order valence-electron chi connectivity index (χ2n) is 8.03. The molecule has 1 aliphatic rings. The highest BCUT2D eigenvalue weighted by atomic mass is 16.3. The van der Waals surface area contributed by atoms with Gasteiger partial charge in [0, 0.05) is 28.5 Å². The fourth-order valence-corrected chi connectivity index (χ4v) is 4.85. The van der Waals surface area contributed by atoms with Crippen LogP contribution in [0.2, 0.25) is 0 Å². The number of hydrogen-bond acceptors (Lipinski definition) is 4. The molecule has 4 N–H and O–H groups in total. The highest BCUT2D eigenvalue weighted by molar-refractivity contribution is 5.90. The molecule has 0 fully saturated rings. The molecule has 0 aliphatic carbocycles. The lowest BCUT2D eigenvalue weighted by Crippen LogP contribution is -2.38. The largest absolute Gasteiger partial charge is 0.494 e. The van der Waals surface area contributed by atoms with Gasteiger partial charge in [0.15, 0.2) is 0 Å². The zero-order chi connectivity index (χ0) is 21.8. The van der Waals surface area contributed by atoms with Gasteiger partial charge in [-0.25, -0.2) is 9.36 Å². The van der Waals surface area contributed by atoms with E-state index in [0.717, 1.165) is 39.4 Å². The third-order valence-corrected chi connectivity index (χ3v) is 6.28. The van der Waals surface area contributed by atoms with Gasteiger partial charge in [-0.3, -0.25) is 9.78 Å². The molecule has 0 spiro atoms. The highest BCUT2D eigenvalue weighted by Crippen LogP contribution is 2.35. The SMILES string of the molecule is O=c1[nH]c(=O)n(-c2cccc3ccccc23)c(O)c1[C@@H]1NCCc2c1[nH]c1ccccc21. The topological polar surface area (TPSA) is 103 Å². The van der Waals surface area contributed by atoms with Gasteiger partial charge in [-0.2, -0.15) is 0 Å². The third kappa shape index (κ3) is 2.65. The van der Waals surface area contributed by atoms with Crippen LogP contribution in [0, 0.1) is 0 Å². The van der Waals surface area contributed by atoms with Gasteiger partial charge in [0.05, 0.1) is 11.7 Å². The van der Waals surface area contributed by atoms with Crippen molar-refractivity contribution in [3.05, 3.63) is 104 Å². The van der Waals surface area contributed by atoms with Crippen molar-refractivity contribution in [1.82, 2.24) is 19.9 Å². The maximum absolute atomic E-state index is 12.9. The number of aromatic nitrogens is 3. The second kappa shape index (κ2) is 6.96. The molecule has 32 heavy (non-hydrogen) atoms. The first kappa shape index (κ1) is 18.7. The summed E-state index contributed by atoms with van der Waals surface area (Å²) < 4.78 is 1.18. The molecule has 0 amide bonds. The Bertz CT molecular complexity index is 1620. The minimum atomic E-state index is -0.680. The number of hydrogen-bond donors (Lipinski definition) is 4. The molecule has 7 heteroatoms.